The summed E-state index contributed by atoms with van der Waals surface area (Å²) in [5, 5.41) is 7.76. The Balaban J connectivity index is 1.65. The lowest BCUT2D eigenvalue weighted by Crippen LogP contribution is -2.13. The van der Waals surface area contributed by atoms with Crippen LogP contribution < -0.4 is 16.5 Å². The van der Waals surface area contributed by atoms with Crippen molar-refractivity contribution in [1.82, 2.24) is 25.1 Å². The molecule has 1 aromatic carbocycles. The maximum Gasteiger partial charge on any atom is 0.439 e. The fourth-order valence-electron chi connectivity index (χ4n) is 3.89. The van der Waals surface area contributed by atoms with Gasteiger partial charge in [0.1, 0.15) is 16.4 Å². The smallest absolute Gasteiger partial charge is 0.439 e. The first kappa shape index (κ1) is 22.5. The first-order chi connectivity index (χ1) is 16.8. The monoisotopic (exact) mass is 490 g/mol. The average Bonchev–Trinajstić information content (AvgIpc) is 3.29. The summed E-state index contributed by atoms with van der Waals surface area (Å²) in [4.78, 5) is 40.0. The molecule has 5 aromatic rings. The second kappa shape index (κ2) is 8.80. The number of nitrogens with zero attached hydrogens (tertiary/aromatic N) is 4. The Morgan fingerprint density at radius 1 is 1.11 bits per heavy atom. The van der Waals surface area contributed by atoms with Gasteiger partial charge in [-0.2, -0.15) is 0 Å². The van der Waals surface area contributed by atoms with Gasteiger partial charge in [-0.1, -0.05) is 22.8 Å². The standard InChI is InChI=1S/C24H19ClN6O4/c1-11-9-14(13(3)28-16-5-6-17(25)29-18(16)22-30-24(33)35-31-22)21-15(10-11)19(32)12(2)20(34-21)23-26-7-4-8-27-23/h4-10,13,28H,1-3H3,(H,30,31,33)/t13-/m1/s1. The van der Waals surface area contributed by atoms with Crippen molar-refractivity contribution in [2.24, 2.45) is 0 Å². The molecule has 0 saturated carbocycles. The van der Waals surface area contributed by atoms with E-state index in [1.807, 2.05) is 19.9 Å². The highest BCUT2D eigenvalue weighted by Gasteiger charge is 2.21. The van der Waals surface area contributed by atoms with Crippen molar-refractivity contribution in [3.05, 3.63) is 85.3 Å². The molecule has 176 valence electrons. The van der Waals surface area contributed by atoms with Crippen molar-refractivity contribution in [2.45, 2.75) is 26.8 Å². The minimum Gasteiger partial charge on any atom is -0.452 e. The van der Waals surface area contributed by atoms with Crippen molar-refractivity contribution in [2.75, 3.05) is 5.32 Å². The Morgan fingerprint density at radius 2 is 1.89 bits per heavy atom. The molecule has 35 heavy (non-hydrogen) atoms. The molecule has 0 aliphatic rings. The highest BCUT2D eigenvalue weighted by atomic mass is 35.5. The summed E-state index contributed by atoms with van der Waals surface area (Å²) in [7, 11) is 0. The van der Waals surface area contributed by atoms with Crippen LogP contribution in [0.15, 0.2) is 61.3 Å². The molecule has 4 aromatic heterocycles. The molecule has 10 nitrogen and oxygen atoms in total. The number of halogens is 1. The highest BCUT2D eigenvalue weighted by molar-refractivity contribution is 6.29. The van der Waals surface area contributed by atoms with E-state index in [0.717, 1.165) is 11.1 Å². The van der Waals surface area contributed by atoms with Gasteiger partial charge in [0.05, 0.1) is 17.1 Å². The van der Waals surface area contributed by atoms with Gasteiger partial charge in [-0.05, 0) is 50.6 Å². The summed E-state index contributed by atoms with van der Waals surface area (Å²) < 4.78 is 10.9. The van der Waals surface area contributed by atoms with E-state index in [4.69, 9.17) is 16.0 Å². The summed E-state index contributed by atoms with van der Waals surface area (Å²) in [6, 6.07) is 8.41. The van der Waals surface area contributed by atoms with Crippen molar-refractivity contribution < 1.29 is 8.94 Å². The molecule has 0 aliphatic carbocycles. The summed E-state index contributed by atoms with van der Waals surface area (Å²) in [6.07, 6.45) is 3.19. The maximum atomic E-state index is 13.3. The molecular formula is C24H19ClN6O4. The van der Waals surface area contributed by atoms with Crippen molar-refractivity contribution in [1.29, 1.82) is 0 Å². The van der Waals surface area contributed by atoms with Gasteiger partial charge in [-0.3, -0.25) is 14.3 Å². The molecule has 0 aliphatic heterocycles. The number of nitrogens with one attached hydrogen (secondary N) is 2. The van der Waals surface area contributed by atoms with E-state index in [1.54, 1.807) is 43.6 Å². The normalized spacial score (nSPS) is 12.1. The van der Waals surface area contributed by atoms with Gasteiger partial charge in [0, 0.05) is 23.5 Å². The van der Waals surface area contributed by atoms with E-state index in [-0.39, 0.29) is 22.4 Å². The SMILES string of the molecule is Cc1cc([C@@H](C)Nc2ccc(Cl)nc2-c2noc(=O)[nH]2)c2oc(-c3ncccn3)c(C)c(=O)c2c1. The van der Waals surface area contributed by atoms with E-state index in [1.165, 1.54) is 0 Å². The molecule has 11 heteroatoms. The van der Waals surface area contributed by atoms with E-state index >= 15 is 0 Å². The summed E-state index contributed by atoms with van der Waals surface area (Å²) >= 11 is 6.08. The molecule has 0 spiro atoms. The van der Waals surface area contributed by atoms with Crippen LogP contribution in [0.1, 0.15) is 29.7 Å². The number of anilines is 1. The lowest BCUT2D eigenvalue weighted by atomic mass is 9.99. The number of benzene rings is 1. The highest BCUT2D eigenvalue weighted by Crippen LogP contribution is 2.33. The van der Waals surface area contributed by atoms with Crippen molar-refractivity contribution >= 4 is 28.3 Å². The van der Waals surface area contributed by atoms with E-state index in [0.29, 0.717) is 39.5 Å². The number of hydrogen-bond acceptors (Lipinski definition) is 9. The van der Waals surface area contributed by atoms with Crippen LogP contribution in [-0.4, -0.2) is 25.1 Å². The average molecular weight is 491 g/mol. The Hall–Kier alpha value is -4.31. The zero-order valence-corrected chi connectivity index (χ0v) is 19.7. The zero-order valence-electron chi connectivity index (χ0n) is 18.9. The van der Waals surface area contributed by atoms with Gasteiger partial charge in [0.25, 0.3) is 0 Å². The minimum atomic E-state index is -0.710. The molecule has 0 amide bonds. The van der Waals surface area contributed by atoms with Gasteiger partial charge in [-0.15, -0.1) is 0 Å². The fraction of sp³-hybridized carbons (Fsp3) is 0.167. The number of fused-ring (bicyclic) bond motifs is 1. The summed E-state index contributed by atoms with van der Waals surface area (Å²) in [5.74, 6) is 0.0648. The number of aromatic amines is 1. The van der Waals surface area contributed by atoms with Gasteiger partial charge in [0.15, 0.2) is 17.0 Å². The van der Waals surface area contributed by atoms with Crippen LogP contribution in [0.5, 0.6) is 0 Å². The number of rotatable bonds is 5. The van der Waals surface area contributed by atoms with Crippen LogP contribution in [-0.2, 0) is 0 Å². The Bertz CT molecular complexity index is 1680. The van der Waals surface area contributed by atoms with Gasteiger partial charge >= 0.3 is 5.76 Å². The van der Waals surface area contributed by atoms with Crippen LogP contribution in [0.3, 0.4) is 0 Å². The topological polar surface area (TPSA) is 140 Å². The molecule has 4 heterocycles. The van der Waals surface area contributed by atoms with Crippen LogP contribution in [0.4, 0.5) is 5.69 Å². The third-order valence-electron chi connectivity index (χ3n) is 5.53. The third kappa shape index (κ3) is 4.19. The minimum absolute atomic E-state index is 0.131. The molecule has 0 bridgehead atoms. The lowest BCUT2D eigenvalue weighted by Gasteiger charge is -2.19. The zero-order chi connectivity index (χ0) is 24.7. The Labute approximate surface area is 203 Å². The molecule has 2 N–H and O–H groups in total. The van der Waals surface area contributed by atoms with E-state index < -0.39 is 5.76 Å². The summed E-state index contributed by atoms with van der Waals surface area (Å²) in [6.45, 7) is 5.52. The first-order valence-electron chi connectivity index (χ1n) is 10.7. The third-order valence-corrected chi connectivity index (χ3v) is 5.74. The van der Waals surface area contributed by atoms with Crippen molar-refractivity contribution in [3.63, 3.8) is 0 Å². The van der Waals surface area contributed by atoms with Crippen LogP contribution in [0.2, 0.25) is 5.15 Å². The molecular weight excluding hydrogens is 472 g/mol. The lowest BCUT2D eigenvalue weighted by molar-refractivity contribution is 0.388. The van der Waals surface area contributed by atoms with Crippen molar-refractivity contribution in [3.8, 4) is 23.1 Å². The van der Waals surface area contributed by atoms with Gasteiger partial charge in [0.2, 0.25) is 5.82 Å². The number of pyridine rings is 1. The molecule has 0 unspecified atom stereocenters. The first-order valence-corrected chi connectivity index (χ1v) is 11.0. The largest absolute Gasteiger partial charge is 0.452 e. The van der Waals surface area contributed by atoms with Crippen LogP contribution in [0.25, 0.3) is 34.1 Å². The fourth-order valence-corrected chi connectivity index (χ4v) is 4.04. The number of H-pyrrole nitrogens is 1. The Morgan fingerprint density at radius 3 is 2.60 bits per heavy atom. The number of hydrogen-bond donors (Lipinski definition) is 2. The molecule has 0 saturated heterocycles. The number of aromatic nitrogens is 5. The van der Waals surface area contributed by atoms with E-state index in [2.05, 4.69) is 34.9 Å². The molecule has 0 radical (unpaired) electrons. The Kier molecular flexibility index (Phi) is 5.65. The molecule has 1 atom stereocenters. The van der Waals surface area contributed by atoms with Crippen LogP contribution in [0, 0.1) is 13.8 Å². The predicted octanol–water partition coefficient (Wildman–Crippen LogP) is 4.43. The molecule has 0 fully saturated rings. The van der Waals surface area contributed by atoms with E-state index in [9.17, 15) is 9.59 Å². The molecule has 5 rings (SSSR count). The predicted molar refractivity (Wildman–Crippen MR) is 130 cm³/mol. The number of aryl methyl sites for hydroxylation is 1. The van der Waals surface area contributed by atoms with Crippen LogP contribution >= 0.6 is 11.6 Å². The van der Waals surface area contributed by atoms with Gasteiger partial charge < -0.3 is 9.73 Å². The second-order valence-electron chi connectivity index (χ2n) is 8.03. The maximum absolute atomic E-state index is 13.3. The quantitative estimate of drug-likeness (QED) is 0.342. The summed E-state index contributed by atoms with van der Waals surface area (Å²) in [5.41, 5.74) is 3.19. The second-order valence-corrected chi connectivity index (χ2v) is 8.42. The van der Waals surface area contributed by atoms with Gasteiger partial charge in [-0.25, -0.2) is 19.7 Å².